The normalized spacial score (nSPS) is 10.7. The summed E-state index contributed by atoms with van der Waals surface area (Å²) in [7, 11) is 0. The van der Waals surface area contributed by atoms with Crippen LogP contribution in [0.3, 0.4) is 0 Å². The zero-order valence-corrected chi connectivity index (χ0v) is 43.8. The molecule has 0 radical (unpaired) electrons. The first-order valence-electron chi connectivity index (χ1n) is 19.7. The van der Waals surface area contributed by atoms with Crippen LogP contribution in [0.15, 0.2) is 0 Å². The lowest BCUT2D eigenvalue weighted by Gasteiger charge is -2.28. The minimum absolute atomic E-state index is 0.401. The lowest BCUT2D eigenvalue weighted by Crippen LogP contribution is -2.19. The van der Waals surface area contributed by atoms with Crippen molar-refractivity contribution in [3.05, 3.63) is 0 Å². The molecule has 0 saturated heterocycles. The Morgan fingerprint density at radius 3 is 0.878 bits per heavy atom. The Kier molecular flexibility index (Phi) is 74.1. The van der Waals surface area contributed by atoms with Gasteiger partial charge in [-0.1, -0.05) is 151 Å². The van der Waals surface area contributed by atoms with Crippen LogP contribution in [0.5, 0.6) is 0 Å². The van der Waals surface area contributed by atoms with Gasteiger partial charge in [-0.3, -0.25) is 0 Å². The van der Waals surface area contributed by atoms with Gasteiger partial charge in [-0.05, 0) is 107 Å². The first-order valence-corrected chi connectivity index (χ1v) is 27.7. The molecule has 49 heavy (non-hydrogen) atoms. The first-order chi connectivity index (χ1) is 22.6. The largest absolute Gasteiger partial charge is 0.169 e. The summed E-state index contributed by atoms with van der Waals surface area (Å²) in [5, 5.41) is 1.58. The Morgan fingerprint density at radius 1 is 0.429 bits per heavy atom. The van der Waals surface area contributed by atoms with Crippen molar-refractivity contribution in [2.45, 2.75) is 197 Å². The molecular weight excluding hydrogens is 729 g/mol. The molecule has 0 amide bonds. The molecule has 0 bridgehead atoms. The smallest absolute Gasteiger partial charge is 0.00803 e. The molecule has 0 aromatic carbocycles. The van der Waals surface area contributed by atoms with Crippen molar-refractivity contribution < 1.29 is 0 Å². The summed E-state index contributed by atoms with van der Waals surface area (Å²) in [4.78, 5) is 0. The van der Waals surface area contributed by atoms with Crippen molar-refractivity contribution in [3.63, 3.8) is 0 Å². The topological polar surface area (TPSA) is 0 Å². The molecule has 0 aliphatic carbocycles. The Labute approximate surface area is 347 Å². The molecule has 0 nitrogen and oxygen atoms in total. The van der Waals surface area contributed by atoms with Gasteiger partial charge < -0.3 is 0 Å². The van der Waals surface area contributed by atoms with Gasteiger partial charge in [-0.2, -0.15) is 82.3 Å². The maximum Gasteiger partial charge on any atom is 0.00803 e. The van der Waals surface area contributed by atoms with Crippen LogP contribution in [0.4, 0.5) is 0 Å². The van der Waals surface area contributed by atoms with E-state index in [-0.39, 0.29) is 0 Å². The molecule has 0 unspecified atom stereocenters. The molecule has 0 saturated carbocycles. The van der Waals surface area contributed by atoms with Gasteiger partial charge in [0.15, 0.2) is 0 Å². The number of hydrogen-bond acceptors (Lipinski definition) is 7. The third-order valence-corrected chi connectivity index (χ3v) is 11.9. The van der Waals surface area contributed by atoms with Crippen LogP contribution in [-0.2, 0) is 0 Å². The summed E-state index contributed by atoms with van der Waals surface area (Å²) >= 11 is 14.0. The fraction of sp³-hybridized carbons (Fsp3) is 1.00. The molecule has 0 heterocycles. The van der Waals surface area contributed by atoms with Crippen LogP contribution >= 0.6 is 82.3 Å². The number of rotatable bonds is 18. The van der Waals surface area contributed by atoms with Gasteiger partial charge in [0.05, 0.1) is 0 Å². The molecule has 0 N–H and O–H groups in total. The molecular formula is C42H98S7. The molecule has 0 rings (SSSR count). The van der Waals surface area contributed by atoms with Gasteiger partial charge in [0, 0.05) is 9.49 Å². The summed E-state index contributed by atoms with van der Waals surface area (Å²) < 4.78 is 0.802. The molecule has 0 aromatic heterocycles. The highest BCUT2D eigenvalue weighted by Crippen LogP contribution is 2.35. The third kappa shape index (κ3) is 128. The summed E-state index contributed by atoms with van der Waals surface area (Å²) in [5.74, 6) is 12.3. The predicted octanol–water partition coefficient (Wildman–Crippen LogP) is 17.5. The molecule has 7 heteroatoms. The maximum atomic E-state index is 2.27. The molecule has 0 atom stereocenters. The van der Waals surface area contributed by atoms with Crippen molar-refractivity contribution in [1.82, 2.24) is 0 Å². The summed E-state index contributed by atoms with van der Waals surface area (Å²) in [6.07, 6.45) is 12.2. The van der Waals surface area contributed by atoms with Gasteiger partial charge in [-0.25, -0.2) is 0 Å². The van der Waals surface area contributed by atoms with Crippen molar-refractivity contribution in [2.75, 3.05) is 58.5 Å². The summed E-state index contributed by atoms with van der Waals surface area (Å²) in [5.41, 5.74) is 0. The number of thioether (sulfide) groups is 7. The molecule has 0 fully saturated rings. The summed E-state index contributed by atoms with van der Waals surface area (Å²) in [6, 6.07) is 0. The molecule has 0 aliphatic heterocycles. The standard InChI is InChI=1S/3C8H18S.2C6H14S.C4H10S.C2H6S/c1-7(2)5-9-6-8(3)4;1-7(2,3)9-8(4,5)6;1-3-5-7-9-8-6-4-2;1-5(2)7-6(3)4;1-3-5-7-6-4-2;1-3-5-4-2;1-3-2/h7-8H,5-6H2,1-4H3;1-6H3;3-8H2,1-2H3;5-6H,1-4H3;3-6H2,1-2H3;3-4H2,1-2H3;1-2H3. The zero-order valence-electron chi connectivity index (χ0n) is 38.1. The van der Waals surface area contributed by atoms with E-state index in [4.69, 9.17) is 0 Å². The van der Waals surface area contributed by atoms with Crippen molar-refractivity contribution in [2.24, 2.45) is 11.8 Å². The SMILES string of the molecule is CC(C)(C)SC(C)(C)C.CC(C)CSCC(C)C.CC(C)SC(C)C.CCCCSCCCC.CCCSCCC.CCSCC.CSC. The zero-order chi connectivity index (χ0) is 40.2. The van der Waals surface area contributed by atoms with E-state index in [1.165, 1.54) is 84.5 Å². The van der Waals surface area contributed by atoms with Crippen LogP contribution in [-0.4, -0.2) is 78.5 Å². The molecule has 0 spiro atoms. The minimum atomic E-state index is 0.401. The van der Waals surface area contributed by atoms with Crippen LogP contribution in [0.25, 0.3) is 0 Å². The van der Waals surface area contributed by atoms with Gasteiger partial charge in [0.1, 0.15) is 0 Å². The van der Waals surface area contributed by atoms with E-state index in [0.29, 0.717) is 9.49 Å². The average Bonchev–Trinajstić information content (AvgIpc) is 2.93. The Bertz CT molecular complexity index is 458. The Morgan fingerprint density at radius 2 is 0.735 bits per heavy atom. The quantitative estimate of drug-likeness (QED) is 0.125. The fourth-order valence-corrected chi connectivity index (χ4v) is 9.58. The van der Waals surface area contributed by atoms with E-state index >= 15 is 0 Å². The second kappa shape index (κ2) is 54.8. The van der Waals surface area contributed by atoms with E-state index in [2.05, 4.69) is 174 Å². The van der Waals surface area contributed by atoms with Crippen molar-refractivity contribution in [1.29, 1.82) is 0 Å². The van der Waals surface area contributed by atoms with Crippen molar-refractivity contribution in [3.8, 4) is 0 Å². The monoisotopic (exact) mass is 827 g/mol. The van der Waals surface area contributed by atoms with Crippen molar-refractivity contribution >= 4 is 82.3 Å². The van der Waals surface area contributed by atoms with E-state index in [0.717, 1.165) is 22.3 Å². The molecule has 308 valence electrons. The maximum absolute atomic E-state index is 2.27. The lowest BCUT2D eigenvalue weighted by atomic mass is 10.2. The molecule has 0 aromatic rings. The van der Waals surface area contributed by atoms with E-state index in [1.54, 1.807) is 11.8 Å². The average molecular weight is 828 g/mol. The highest BCUT2D eigenvalue weighted by Gasteiger charge is 2.20. The number of unbranched alkanes of at least 4 members (excludes halogenated alkanes) is 2. The predicted molar refractivity (Wildman–Crippen MR) is 265 cm³/mol. The lowest BCUT2D eigenvalue weighted by molar-refractivity contribution is 0.730. The Hall–Kier alpha value is 2.45. The summed E-state index contributed by atoms with van der Waals surface area (Å²) in [6.45, 7) is 44.8. The van der Waals surface area contributed by atoms with Gasteiger partial charge in [-0.15, -0.1) is 0 Å². The molecule has 0 aliphatic rings. The first kappa shape index (κ1) is 66.3. The van der Waals surface area contributed by atoms with Gasteiger partial charge >= 0.3 is 0 Å². The second-order valence-corrected chi connectivity index (χ2v) is 25.7. The second-order valence-electron chi connectivity index (χ2n) is 15.0. The third-order valence-electron chi connectivity index (χ3n) is 4.45. The van der Waals surface area contributed by atoms with E-state index in [9.17, 15) is 0 Å². The van der Waals surface area contributed by atoms with E-state index in [1.807, 2.05) is 47.8 Å². The van der Waals surface area contributed by atoms with Gasteiger partial charge in [0.2, 0.25) is 0 Å². The van der Waals surface area contributed by atoms with Crippen LogP contribution in [0, 0.1) is 11.8 Å². The highest BCUT2D eigenvalue weighted by atomic mass is 32.2. The van der Waals surface area contributed by atoms with Gasteiger partial charge in [0.25, 0.3) is 0 Å². The highest BCUT2D eigenvalue weighted by molar-refractivity contribution is 8.02. The van der Waals surface area contributed by atoms with Crippen LogP contribution in [0.2, 0.25) is 0 Å². The number of hydrogen-bond donors (Lipinski definition) is 0. The fourth-order valence-electron chi connectivity index (χ4n) is 3.19. The minimum Gasteiger partial charge on any atom is -0.169 e. The van der Waals surface area contributed by atoms with Crippen LogP contribution < -0.4 is 0 Å². The van der Waals surface area contributed by atoms with E-state index < -0.39 is 0 Å². The Balaban J connectivity index is -0.0000000857. The van der Waals surface area contributed by atoms with Crippen LogP contribution in [0.1, 0.15) is 177 Å².